The third-order valence-corrected chi connectivity index (χ3v) is 14.4. The zero-order chi connectivity index (χ0) is 40.3. The van der Waals surface area contributed by atoms with Gasteiger partial charge in [0.2, 0.25) is 0 Å². The van der Waals surface area contributed by atoms with E-state index in [0.717, 1.165) is 17.1 Å². The highest BCUT2D eigenvalue weighted by atomic mass is 32.1. The molecule has 9 aromatic rings. The minimum absolute atomic E-state index is 0.0228. The number of thiophene rings is 1. The molecule has 3 aliphatic rings. The highest BCUT2D eigenvalue weighted by Gasteiger charge is 2.46. The van der Waals surface area contributed by atoms with Gasteiger partial charge in [-0.1, -0.05) is 135 Å². The summed E-state index contributed by atoms with van der Waals surface area (Å²) >= 11 is 1.96. The average Bonchev–Trinajstić information content (AvgIpc) is 3.72. The molecular weight excluding hydrogens is 758 g/mol. The van der Waals surface area contributed by atoms with Gasteiger partial charge in [-0.25, -0.2) is 0 Å². The first-order chi connectivity index (χ1) is 30.3. The lowest BCUT2D eigenvalue weighted by Crippen LogP contribution is -2.60. The van der Waals surface area contributed by atoms with E-state index in [1.807, 2.05) is 11.3 Å². The predicted octanol–water partition coefficient (Wildman–Crippen LogP) is 14.2. The standard InChI is InChI=1S/C56H44BN3S/c1-6-19-39(20-7-1)41-23-18-30-46(35-41)60-52-37-42(40-21-8-2-9-22-40)36-51-54(52)57(56-55(60)48-31-16-17-32-53(48)61-56)49-38-47(33-34-50(49)59(51)45-28-14-5-15-29-45)58(43-24-10-3-11-25-43)44-26-12-4-13-27-44/h1,3-7,10-20,23-38,40H,2,8-9,21-22H2. The Hall–Kier alpha value is -6.82. The van der Waals surface area contributed by atoms with E-state index < -0.39 is 0 Å². The van der Waals surface area contributed by atoms with Crippen molar-refractivity contribution in [1.82, 2.24) is 0 Å². The lowest BCUT2D eigenvalue weighted by molar-refractivity contribution is 0.444. The van der Waals surface area contributed by atoms with E-state index in [4.69, 9.17) is 0 Å². The van der Waals surface area contributed by atoms with Crippen LogP contribution < -0.4 is 30.4 Å². The lowest BCUT2D eigenvalue weighted by Gasteiger charge is -2.44. The summed E-state index contributed by atoms with van der Waals surface area (Å²) in [6, 6.07) is 74.3. The van der Waals surface area contributed by atoms with E-state index in [-0.39, 0.29) is 6.71 Å². The minimum atomic E-state index is 0.0228. The Balaban J connectivity index is 1.17. The summed E-state index contributed by atoms with van der Waals surface area (Å²) in [7, 11) is 0. The molecular formula is C56H44BN3S. The van der Waals surface area contributed by atoms with Crippen LogP contribution in [0.3, 0.4) is 0 Å². The van der Waals surface area contributed by atoms with Crippen LogP contribution in [0.5, 0.6) is 0 Å². The minimum Gasteiger partial charge on any atom is -0.311 e. The number of para-hydroxylation sites is 3. The molecule has 2 aliphatic heterocycles. The van der Waals surface area contributed by atoms with Gasteiger partial charge in [0, 0.05) is 60.4 Å². The van der Waals surface area contributed by atoms with Crippen molar-refractivity contribution < 1.29 is 0 Å². The molecule has 0 atom stereocenters. The number of hydrogen-bond acceptors (Lipinski definition) is 4. The molecule has 0 amide bonds. The highest BCUT2D eigenvalue weighted by Crippen LogP contribution is 2.50. The number of fused-ring (bicyclic) bond motifs is 6. The van der Waals surface area contributed by atoms with Crippen LogP contribution in [0.1, 0.15) is 43.6 Å². The molecule has 0 bridgehead atoms. The number of anilines is 9. The Morgan fingerprint density at radius 1 is 0.475 bits per heavy atom. The molecule has 0 radical (unpaired) electrons. The van der Waals surface area contributed by atoms with Crippen LogP contribution in [0.2, 0.25) is 0 Å². The van der Waals surface area contributed by atoms with Crippen molar-refractivity contribution in [2.75, 3.05) is 14.7 Å². The van der Waals surface area contributed by atoms with E-state index >= 15 is 0 Å². The number of hydrogen-bond donors (Lipinski definition) is 0. The Kier molecular flexibility index (Phi) is 8.88. The molecule has 0 saturated heterocycles. The Labute approximate surface area is 362 Å². The first-order valence-corrected chi connectivity index (χ1v) is 22.6. The maximum Gasteiger partial charge on any atom is 0.264 e. The molecule has 5 heteroatoms. The topological polar surface area (TPSA) is 9.72 Å². The number of nitrogens with zero attached hydrogens (tertiary/aromatic N) is 3. The molecule has 292 valence electrons. The van der Waals surface area contributed by atoms with E-state index in [0.29, 0.717) is 5.92 Å². The van der Waals surface area contributed by atoms with Crippen LogP contribution in [0, 0.1) is 0 Å². The molecule has 0 spiro atoms. The zero-order valence-electron chi connectivity index (χ0n) is 34.0. The van der Waals surface area contributed by atoms with Gasteiger partial charge in [0.05, 0.1) is 5.69 Å². The molecule has 1 aromatic heterocycles. The molecule has 0 N–H and O–H groups in total. The summed E-state index contributed by atoms with van der Waals surface area (Å²) in [6.45, 7) is 0.0228. The molecule has 8 aromatic carbocycles. The predicted molar refractivity (Wildman–Crippen MR) is 262 cm³/mol. The molecule has 3 heterocycles. The van der Waals surface area contributed by atoms with E-state index in [1.165, 1.54) is 109 Å². The van der Waals surface area contributed by atoms with Gasteiger partial charge < -0.3 is 14.7 Å². The fourth-order valence-electron chi connectivity index (χ4n) is 10.4. The van der Waals surface area contributed by atoms with Crippen molar-refractivity contribution in [1.29, 1.82) is 0 Å². The second-order valence-corrected chi connectivity index (χ2v) is 17.8. The second kappa shape index (κ2) is 15.0. The van der Waals surface area contributed by atoms with Crippen molar-refractivity contribution in [2.24, 2.45) is 0 Å². The fourth-order valence-corrected chi connectivity index (χ4v) is 11.8. The van der Waals surface area contributed by atoms with Crippen LogP contribution in [0.4, 0.5) is 51.2 Å². The molecule has 1 fully saturated rings. The monoisotopic (exact) mass is 801 g/mol. The Morgan fingerprint density at radius 2 is 1.08 bits per heavy atom. The first kappa shape index (κ1) is 36.1. The van der Waals surface area contributed by atoms with E-state index in [2.05, 4.69) is 215 Å². The van der Waals surface area contributed by atoms with E-state index in [9.17, 15) is 0 Å². The summed E-state index contributed by atoms with van der Waals surface area (Å²) in [5.74, 6) is 0.526. The largest absolute Gasteiger partial charge is 0.311 e. The highest BCUT2D eigenvalue weighted by molar-refractivity contribution is 7.33. The van der Waals surface area contributed by atoms with Crippen molar-refractivity contribution >= 4 is 95.0 Å². The Morgan fingerprint density at radius 3 is 1.80 bits per heavy atom. The van der Waals surface area contributed by atoms with Gasteiger partial charge in [0.25, 0.3) is 6.71 Å². The van der Waals surface area contributed by atoms with Crippen molar-refractivity contribution in [3.8, 4) is 11.1 Å². The smallest absolute Gasteiger partial charge is 0.264 e. The van der Waals surface area contributed by atoms with Crippen molar-refractivity contribution in [3.63, 3.8) is 0 Å². The summed E-state index contributed by atoms with van der Waals surface area (Å²) < 4.78 is 2.71. The van der Waals surface area contributed by atoms with Gasteiger partial charge in [0.15, 0.2) is 0 Å². The van der Waals surface area contributed by atoms with Gasteiger partial charge in [0.1, 0.15) is 0 Å². The third kappa shape index (κ3) is 6.10. The van der Waals surface area contributed by atoms with Gasteiger partial charge in [-0.05, 0) is 131 Å². The first-order valence-electron chi connectivity index (χ1n) is 21.8. The fraction of sp³-hybridized carbons (Fsp3) is 0.107. The third-order valence-electron chi connectivity index (χ3n) is 13.2. The quantitative estimate of drug-likeness (QED) is 0.149. The van der Waals surface area contributed by atoms with Gasteiger partial charge >= 0.3 is 0 Å². The summed E-state index contributed by atoms with van der Waals surface area (Å²) in [4.78, 5) is 7.62. The van der Waals surface area contributed by atoms with Crippen molar-refractivity contribution in [3.05, 3.63) is 206 Å². The van der Waals surface area contributed by atoms with Gasteiger partial charge in [-0.15, -0.1) is 11.3 Å². The Bertz CT molecular complexity index is 2990. The van der Waals surface area contributed by atoms with Crippen LogP contribution in [0.25, 0.3) is 21.2 Å². The maximum absolute atomic E-state index is 2.64. The molecule has 3 nitrogen and oxygen atoms in total. The van der Waals surface area contributed by atoms with E-state index in [1.54, 1.807) is 0 Å². The summed E-state index contributed by atoms with van der Waals surface area (Å²) in [6.07, 6.45) is 6.37. The zero-order valence-corrected chi connectivity index (χ0v) is 34.8. The van der Waals surface area contributed by atoms with Crippen LogP contribution in [0.15, 0.2) is 200 Å². The molecule has 0 unspecified atom stereocenters. The van der Waals surface area contributed by atoms with Gasteiger partial charge in [-0.3, -0.25) is 0 Å². The average molecular weight is 802 g/mol. The number of benzene rings is 8. The van der Waals surface area contributed by atoms with Crippen LogP contribution in [-0.2, 0) is 0 Å². The summed E-state index contributed by atoms with van der Waals surface area (Å²) in [5, 5.41) is 1.31. The van der Waals surface area contributed by atoms with Crippen LogP contribution >= 0.6 is 11.3 Å². The van der Waals surface area contributed by atoms with Crippen LogP contribution in [-0.4, -0.2) is 6.71 Å². The second-order valence-electron chi connectivity index (χ2n) is 16.7. The maximum atomic E-state index is 2.64. The molecule has 61 heavy (non-hydrogen) atoms. The lowest BCUT2D eigenvalue weighted by atomic mass is 9.36. The molecule has 12 rings (SSSR count). The molecule has 1 aliphatic carbocycles. The number of rotatable bonds is 7. The summed E-state index contributed by atoms with van der Waals surface area (Å²) in [5.41, 5.74) is 17.5. The van der Waals surface area contributed by atoms with Gasteiger partial charge in [-0.2, -0.15) is 0 Å². The normalized spacial score (nSPS) is 14.4. The molecule has 1 saturated carbocycles. The SMILES string of the molecule is c1ccc(-c2cccc(N3c4cc(C5CCCCC5)cc5c4B(c4cc(N(c6ccccc6)c6ccccc6)ccc4N5c4ccccc4)c4sc5ccccc5c43)c2)cc1. The van der Waals surface area contributed by atoms with Crippen molar-refractivity contribution in [2.45, 2.75) is 38.0 Å².